The summed E-state index contributed by atoms with van der Waals surface area (Å²) in [6, 6.07) is 7.22. The van der Waals surface area contributed by atoms with E-state index in [4.69, 9.17) is 92.7 Å². The number of Topliss-reactive ketones (excluding diaryl/α,β-unsaturated/α-hetero) is 2. The Hall–Kier alpha value is -8.67. The number of cyclic esters (lactones) is 1. The molecule has 0 spiro atoms. The number of ketones is 2. The van der Waals surface area contributed by atoms with Crippen LogP contribution in [-0.2, 0) is 105 Å². The summed E-state index contributed by atoms with van der Waals surface area (Å²) in [4.78, 5) is 84.7. The van der Waals surface area contributed by atoms with Crippen molar-refractivity contribution in [2.24, 2.45) is 35.3 Å². The second-order valence-corrected chi connectivity index (χ2v) is 34.6. The van der Waals surface area contributed by atoms with Crippen molar-refractivity contribution in [3.05, 3.63) is 108 Å². The first kappa shape index (κ1) is 103. The van der Waals surface area contributed by atoms with E-state index in [1.807, 2.05) is 75.5 Å². The zero-order valence-electron chi connectivity index (χ0n) is 77.1. The Balaban J connectivity index is 0.550. The fourth-order valence-electron chi connectivity index (χ4n) is 17.1. The number of nitrogens with zero attached hydrogens (tertiary/aromatic N) is 9. The highest BCUT2D eigenvalue weighted by atomic mass is 16.6. The standard InChI is InChI=1S/C94H141N13O23/c1-62-19-10-9-11-20-63(2)72(77-23-18-36-126-77)58-71-27-24-67(6)94(115,130-71)88(112)91(113)106-32-15-12-22-75(106)92(114)128-80(59-76(108)64(3)54-66(5)86(111)87(117-8)85(110)65(4)53-62)73(95)55-68-25-28-79(81(56-68)116-7)127-35-17-13-21-70-60-105(104-102-70)34-38-119-40-42-121-44-46-123-48-50-125-52-51-124-49-47-122-45-43-120-41-39-118-37-30-82(109)98-31-14-16-33-107-90-83(89(96)99-61-100-90)84(103-107)69-26-29-78-74(57-69)101-93(97)129-78/h9-11,18-20,23,26,29,36,54,57,60-62,64-65,67-68,71-73,75-76,79-81,86-87,108,111,115H,12-17,21-22,24-25,27-28,30-35,37-53,55-56,58-59,95H2,1-8H3,(H2,97,101)(H,98,109)(H2,96,99,100)/b11-9+,19-10+,63-20+,66-54+/t62-,64-,65-,67-,68+,71+,72?,73-,75+,76?,79-,80+,81-,86-,87+,94-/m1/s1. The number of carbonyl (C=O) groups is 5. The summed E-state index contributed by atoms with van der Waals surface area (Å²) in [7, 11) is 3.05. The average Bonchev–Trinajstić information content (AvgIpc) is 1.75. The quantitative estimate of drug-likeness (QED) is 0.00811. The van der Waals surface area contributed by atoms with E-state index in [9.17, 15) is 39.3 Å². The van der Waals surface area contributed by atoms with E-state index in [0.717, 1.165) is 55.4 Å². The van der Waals surface area contributed by atoms with Crippen LogP contribution in [0.4, 0.5) is 11.8 Å². The van der Waals surface area contributed by atoms with Crippen molar-refractivity contribution in [1.82, 2.24) is 49.9 Å². The smallest absolute Gasteiger partial charge is 0.329 e. The summed E-state index contributed by atoms with van der Waals surface area (Å²) in [6.45, 7) is 19.7. The van der Waals surface area contributed by atoms with Gasteiger partial charge in [0.1, 0.15) is 53.5 Å². The van der Waals surface area contributed by atoms with Crippen LogP contribution in [0.15, 0.2) is 106 Å². The topological polar surface area (TPSA) is 473 Å². The highest BCUT2D eigenvalue weighted by molar-refractivity contribution is 6.39. The van der Waals surface area contributed by atoms with Crippen LogP contribution in [0, 0.1) is 29.6 Å². The van der Waals surface area contributed by atoms with Crippen LogP contribution in [-0.4, -0.2) is 290 Å². The molecule has 6 aromatic rings. The number of furan rings is 1. The third-order valence-corrected chi connectivity index (χ3v) is 24.7. The van der Waals surface area contributed by atoms with Gasteiger partial charge in [0.15, 0.2) is 17.0 Å². The number of ether oxygens (including phenoxy) is 13. The summed E-state index contributed by atoms with van der Waals surface area (Å²) in [5, 5.41) is 53.2. The molecule has 36 nitrogen and oxygen atoms in total. The maximum absolute atomic E-state index is 14.8. The third-order valence-electron chi connectivity index (χ3n) is 24.7. The Morgan fingerprint density at radius 3 is 2.11 bits per heavy atom. The number of nitrogens with two attached hydrogens (primary N) is 3. The van der Waals surface area contributed by atoms with Crippen LogP contribution in [0.3, 0.4) is 0 Å². The molecule has 1 aromatic carbocycles. The van der Waals surface area contributed by atoms with Gasteiger partial charge in [-0.1, -0.05) is 74.9 Å². The maximum atomic E-state index is 14.8. The lowest BCUT2D eigenvalue weighted by Crippen LogP contribution is -2.61. The number of amides is 2. The number of aromatic nitrogens is 8. The molecule has 2 bridgehead atoms. The molecule has 2 saturated heterocycles. The van der Waals surface area contributed by atoms with Crippen molar-refractivity contribution in [2.45, 2.75) is 237 Å². The number of unbranched alkanes of at least 4 members (excludes halogenated alkanes) is 2. The van der Waals surface area contributed by atoms with Crippen molar-refractivity contribution in [2.75, 3.05) is 151 Å². The first-order valence-electron chi connectivity index (χ1n) is 46.4. The number of aliphatic hydroxyl groups excluding tert-OH is 2. The number of anilines is 2. The summed E-state index contributed by atoms with van der Waals surface area (Å²) < 4.78 is 90.9. The highest BCUT2D eigenvalue weighted by Gasteiger charge is 2.53. The SMILES string of the molecule is CO[C@@H]1C[C@H](C[C@@H](N)[C@@H]2CC(O)[C@H](C)/C=C(\C)[C@@H](O)[C@@H](OC)C(=O)[C@H](C)C[C@H](C)/C=C/C=C/C=C(\C)C(c3ccco3)C[C@@H]3CC[C@@H](C)[C@@](O)(O3)C(=O)C(=O)N3CCCC[C@H]3C(=O)O2)CC[C@H]1OCCCCc1cn(CCOCCOCCOCCOCCOCCOCCOCCOCCC(=O)NCCCCn2nc(-c3ccc4oc(N)nc4c3)c3c(N)ncnc32)nn1. The molecule has 8 heterocycles. The van der Waals surface area contributed by atoms with Gasteiger partial charge in [-0.15, -0.1) is 5.10 Å². The molecule has 720 valence electrons. The van der Waals surface area contributed by atoms with Crippen molar-refractivity contribution in [3.8, 4) is 11.3 Å². The molecular weight excluding hydrogens is 1680 g/mol. The second kappa shape index (κ2) is 54.5. The van der Waals surface area contributed by atoms with E-state index >= 15 is 0 Å². The fourth-order valence-corrected chi connectivity index (χ4v) is 17.1. The minimum absolute atomic E-state index is 0.0106. The van der Waals surface area contributed by atoms with E-state index < -0.39 is 83.8 Å². The number of allylic oxidation sites excluding steroid dienone is 6. The van der Waals surface area contributed by atoms with Crippen LogP contribution in [0.25, 0.3) is 33.4 Å². The number of benzene rings is 1. The molecule has 1 saturated carbocycles. The number of oxazole rings is 1. The second-order valence-electron chi connectivity index (χ2n) is 34.6. The van der Waals surface area contributed by atoms with E-state index in [1.165, 1.54) is 18.3 Å². The van der Waals surface area contributed by atoms with Crippen LogP contribution in [0.1, 0.15) is 168 Å². The van der Waals surface area contributed by atoms with Crippen LogP contribution < -0.4 is 22.5 Å². The number of hydrogen-bond donors (Lipinski definition) is 7. The number of aryl methyl sites for hydroxylation is 2. The lowest BCUT2D eigenvalue weighted by Gasteiger charge is -2.43. The number of nitrogens with one attached hydrogen (secondary N) is 1. The number of piperidine rings is 1. The molecule has 1 aliphatic carbocycles. The first-order chi connectivity index (χ1) is 62.9. The molecule has 130 heavy (non-hydrogen) atoms. The number of carbonyl (C=O) groups excluding carboxylic acids is 5. The van der Waals surface area contributed by atoms with E-state index in [0.29, 0.717) is 228 Å². The average molecular weight is 1820 g/mol. The monoisotopic (exact) mass is 1820 g/mol. The predicted molar refractivity (Wildman–Crippen MR) is 483 cm³/mol. The zero-order valence-corrected chi connectivity index (χ0v) is 77.1. The Bertz CT molecular complexity index is 4540. The Morgan fingerprint density at radius 1 is 0.723 bits per heavy atom. The number of esters is 1. The molecule has 3 aliphatic heterocycles. The zero-order chi connectivity index (χ0) is 92.7. The van der Waals surface area contributed by atoms with Gasteiger partial charge in [-0.25, -0.2) is 24.1 Å². The highest BCUT2D eigenvalue weighted by Crippen LogP contribution is 2.41. The summed E-state index contributed by atoms with van der Waals surface area (Å²) in [5.74, 6) is -7.04. The largest absolute Gasteiger partial charge is 0.469 e. The van der Waals surface area contributed by atoms with Gasteiger partial charge in [0.25, 0.3) is 17.7 Å². The molecule has 3 fully saturated rings. The molecule has 10 rings (SSSR count). The number of nitrogen functional groups attached to an aromatic ring is 2. The third kappa shape index (κ3) is 31.8. The molecular formula is C94H141N13O23. The van der Waals surface area contributed by atoms with Crippen molar-refractivity contribution in [3.63, 3.8) is 0 Å². The van der Waals surface area contributed by atoms with E-state index in [-0.39, 0.29) is 80.1 Å². The van der Waals surface area contributed by atoms with Gasteiger partial charge in [-0.05, 0) is 164 Å². The normalized spacial score (nSPS) is 26.8. The molecule has 4 aliphatic rings. The lowest BCUT2D eigenvalue weighted by atomic mass is 9.80. The van der Waals surface area contributed by atoms with Gasteiger partial charge in [0, 0.05) is 94.8 Å². The van der Waals surface area contributed by atoms with Gasteiger partial charge in [0.2, 0.25) is 11.7 Å². The van der Waals surface area contributed by atoms with Gasteiger partial charge in [-0.3, -0.25) is 19.2 Å². The van der Waals surface area contributed by atoms with Gasteiger partial charge < -0.3 is 113 Å². The summed E-state index contributed by atoms with van der Waals surface area (Å²) in [5.41, 5.74) is 24.6. The fraction of sp³-hybridized carbons (Fsp3) is 0.670. The molecule has 0 radical (unpaired) electrons. The molecule has 16 atom stereocenters. The van der Waals surface area contributed by atoms with Crippen LogP contribution in [0.5, 0.6) is 0 Å². The van der Waals surface area contributed by atoms with Crippen molar-refractivity contribution >= 4 is 63.3 Å². The Morgan fingerprint density at radius 2 is 1.42 bits per heavy atom. The number of hydrogen-bond acceptors (Lipinski definition) is 32. The van der Waals surface area contributed by atoms with Crippen molar-refractivity contribution < 1.29 is 110 Å². The van der Waals surface area contributed by atoms with E-state index in [2.05, 4.69) is 30.6 Å². The summed E-state index contributed by atoms with van der Waals surface area (Å²) >= 11 is 0. The van der Waals surface area contributed by atoms with Crippen LogP contribution >= 0.6 is 0 Å². The number of aliphatic hydroxyl groups is 3. The molecule has 5 aromatic heterocycles. The van der Waals surface area contributed by atoms with Gasteiger partial charge >= 0.3 is 5.97 Å². The van der Waals surface area contributed by atoms with Crippen LogP contribution in [0.2, 0.25) is 0 Å². The molecule has 10 N–H and O–H groups in total. The Labute approximate surface area is 762 Å². The molecule has 2 unspecified atom stereocenters. The van der Waals surface area contributed by atoms with Gasteiger partial charge in [0.05, 0.1) is 154 Å². The maximum Gasteiger partial charge on any atom is 0.329 e. The molecule has 2 amide bonds. The number of methoxy groups -OCH3 is 2. The molecule has 36 heteroatoms. The van der Waals surface area contributed by atoms with Gasteiger partial charge in [-0.2, -0.15) is 10.1 Å². The first-order valence-corrected chi connectivity index (χ1v) is 46.4. The predicted octanol–water partition coefficient (Wildman–Crippen LogP) is 8.90. The van der Waals surface area contributed by atoms with E-state index in [1.54, 1.807) is 61.7 Å². The minimum atomic E-state index is -2.49. The Kier molecular flexibility index (Phi) is 43.4. The van der Waals surface area contributed by atoms with Crippen molar-refractivity contribution in [1.29, 1.82) is 0 Å². The minimum Gasteiger partial charge on any atom is -0.469 e. The lowest BCUT2D eigenvalue weighted by molar-refractivity contribution is -0.264. The number of rotatable bonds is 45. The number of fused-ring (bicyclic) bond motifs is 5. The summed E-state index contributed by atoms with van der Waals surface area (Å²) in [6.07, 6.45) is 19.7.